The molecule has 0 aromatic heterocycles. The largest absolute Gasteiger partial charge is 0.297 e. The molecule has 2 rings (SSSR count). The molecule has 0 aromatic rings. The molecule has 1 aliphatic carbocycles. The number of alkyl halides is 1. The highest BCUT2D eigenvalue weighted by atomic mass is 19.1. The maximum atomic E-state index is 13.6. The summed E-state index contributed by atoms with van der Waals surface area (Å²) < 4.78 is 13.6. The number of hydrogen-bond acceptors (Lipinski definition) is 1. The van der Waals surface area contributed by atoms with E-state index >= 15 is 0 Å². The molecular weight excluding hydrogens is 181 g/mol. The van der Waals surface area contributed by atoms with Crippen LogP contribution in [0.5, 0.6) is 0 Å². The standard InChI is InChI=1S/C11H19FNO/c12-10-3-1-2-4-11(10)13-7-5-9(14)6-8-13/h9-11H,1-8H2. The Kier molecular flexibility index (Phi) is 3.39. The molecule has 2 nitrogen and oxygen atoms in total. The van der Waals surface area contributed by atoms with Crippen LogP contribution in [0.25, 0.3) is 0 Å². The van der Waals surface area contributed by atoms with E-state index in [0.29, 0.717) is 12.8 Å². The van der Waals surface area contributed by atoms with E-state index in [4.69, 9.17) is 0 Å². The number of piperidine rings is 1. The van der Waals surface area contributed by atoms with Crippen molar-refractivity contribution in [2.75, 3.05) is 13.1 Å². The second kappa shape index (κ2) is 4.58. The maximum absolute atomic E-state index is 13.6. The van der Waals surface area contributed by atoms with Crippen LogP contribution in [0.3, 0.4) is 0 Å². The molecule has 0 bridgehead atoms. The summed E-state index contributed by atoms with van der Waals surface area (Å²) in [5, 5.41) is 11.1. The monoisotopic (exact) mass is 200 g/mol. The van der Waals surface area contributed by atoms with Crippen LogP contribution in [0, 0.1) is 0 Å². The number of halogens is 1. The van der Waals surface area contributed by atoms with Crippen molar-refractivity contribution >= 4 is 0 Å². The van der Waals surface area contributed by atoms with E-state index in [-0.39, 0.29) is 6.04 Å². The third-order valence-corrected chi connectivity index (χ3v) is 3.59. The number of rotatable bonds is 1. The fraction of sp³-hybridized carbons (Fsp3) is 1.00. The summed E-state index contributed by atoms with van der Waals surface area (Å²) in [7, 11) is 0. The molecule has 1 radical (unpaired) electrons. The smallest absolute Gasteiger partial charge is 0.116 e. The van der Waals surface area contributed by atoms with Crippen LogP contribution in [-0.4, -0.2) is 36.3 Å². The predicted molar refractivity (Wildman–Crippen MR) is 52.4 cm³/mol. The van der Waals surface area contributed by atoms with Crippen LogP contribution in [0.4, 0.5) is 4.39 Å². The van der Waals surface area contributed by atoms with Gasteiger partial charge in [0, 0.05) is 19.1 Å². The van der Waals surface area contributed by atoms with Crippen molar-refractivity contribution in [3.63, 3.8) is 0 Å². The molecule has 3 heteroatoms. The van der Waals surface area contributed by atoms with Crippen molar-refractivity contribution in [3.05, 3.63) is 0 Å². The summed E-state index contributed by atoms with van der Waals surface area (Å²) in [6.07, 6.45) is 4.29. The summed E-state index contributed by atoms with van der Waals surface area (Å²) in [6, 6.07) is 0.122. The average Bonchev–Trinajstić information content (AvgIpc) is 2.20. The molecular formula is C11H19FNO. The molecule has 0 N–H and O–H groups in total. The second-order valence-corrected chi connectivity index (χ2v) is 4.60. The molecule has 1 heterocycles. The average molecular weight is 200 g/mol. The fourth-order valence-corrected chi connectivity index (χ4v) is 2.68. The van der Waals surface area contributed by atoms with E-state index in [0.717, 1.165) is 38.8 Å². The quantitative estimate of drug-likeness (QED) is 0.636. The van der Waals surface area contributed by atoms with Gasteiger partial charge >= 0.3 is 0 Å². The lowest BCUT2D eigenvalue weighted by molar-refractivity contribution is -0.00790. The van der Waals surface area contributed by atoms with Crippen molar-refractivity contribution in [3.8, 4) is 0 Å². The van der Waals surface area contributed by atoms with Crippen molar-refractivity contribution < 1.29 is 9.50 Å². The van der Waals surface area contributed by atoms with Gasteiger partial charge in [-0.25, -0.2) is 9.50 Å². The lowest BCUT2D eigenvalue weighted by atomic mass is 9.91. The Morgan fingerprint density at radius 3 is 2.29 bits per heavy atom. The summed E-state index contributed by atoms with van der Waals surface area (Å²) in [5.41, 5.74) is 0. The normalized spacial score (nSPS) is 37.3. The van der Waals surface area contributed by atoms with E-state index in [9.17, 15) is 9.50 Å². The Morgan fingerprint density at radius 1 is 1.00 bits per heavy atom. The minimum absolute atomic E-state index is 0.122. The SMILES string of the molecule is [O]C1CCN(C2CCCCC2F)CC1. The number of nitrogens with zero attached hydrogens (tertiary/aromatic N) is 1. The van der Waals surface area contributed by atoms with E-state index in [1.165, 1.54) is 0 Å². The van der Waals surface area contributed by atoms with Crippen LogP contribution in [-0.2, 0) is 5.11 Å². The first-order valence-corrected chi connectivity index (χ1v) is 5.81. The summed E-state index contributed by atoms with van der Waals surface area (Å²) in [5.74, 6) is 0. The van der Waals surface area contributed by atoms with Gasteiger partial charge in [0.1, 0.15) is 6.17 Å². The van der Waals surface area contributed by atoms with E-state index in [2.05, 4.69) is 4.90 Å². The summed E-state index contributed by atoms with van der Waals surface area (Å²) >= 11 is 0. The van der Waals surface area contributed by atoms with Gasteiger partial charge in [-0.1, -0.05) is 12.8 Å². The second-order valence-electron chi connectivity index (χ2n) is 4.60. The fourth-order valence-electron chi connectivity index (χ4n) is 2.68. The number of hydrogen-bond donors (Lipinski definition) is 0. The highest BCUT2D eigenvalue weighted by molar-refractivity contribution is 4.86. The maximum Gasteiger partial charge on any atom is 0.116 e. The van der Waals surface area contributed by atoms with E-state index in [1.807, 2.05) is 0 Å². The van der Waals surface area contributed by atoms with E-state index < -0.39 is 12.3 Å². The first-order chi connectivity index (χ1) is 6.77. The van der Waals surface area contributed by atoms with Gasteiger partial charge in [-0.3, -0.25) is 4.90 Å². The lowest BCUT2D eigenvalue weighted by Gasteiger charge is -2.39. The molecule has 81 valence electrons. The molecule has 1 saturated heterocycles. The van der Waals surface area contributed by atoms with Crippen LogP contribution >= 0.6 is 0 Å². The first kappa shape index (κ1) is 10.4. The molecule has 1 aliphatic heterocycles. The Bertz CT molecular complexity index is 180. The lowest BCUT2D eigenvalue weighted by Crippen LogP contribution is -2.48. The zero-order chi connectivity index (χ0) is 9.97. The van der Waals surface area contributed by atoms with Crippen molar-refractivity contribution in [1.29, 1.82) is 0 Å². The van der Waals surface area contributed by atoms with Gasteiger partial charge in [0.25, 0.3) is 0 Å². The Morgan fingerprint density at radius 2 is 1.64 bits per heavy atom. The molecule has 0 spiro atoms. The van der Waals surface area contributed by atoms with Crippen LogP contribution in [0.15, 0.2) is 0 Å². The highest BCUT2D eigenvalue weighted by Gasteiger charge is 2.32. The first-order valence-electron chi connectivity index (χ1n) is 5.81. The van der Waals surface area contributed by atoms with Gasteiger partial charge in [0.05, 0.1) is 6.10 Å². The van der Waals surface area contributed by atoms with Crippen molar-refractivity contribution in [2.45, 2.75) is 56.8 Å². The molecule has 14 heavy (non-hydrogen) atoms. The molecule has 2 atom stereocenters. The molecule has 1 saturated carbocycles. The van der Waals surface area contributed by atoms with Crippen LogP contribution in [0.1, 0.15) is 38.5 Å². The van der Waals surface area contributed by atoms with Crippen molar-refractivity contribution in [1.82, 2.24) is 4.90 Å². The molecule has 2 aliphatic rings. The third kappa shape index (κ3) is 2.26. The summed E-state index contributed by atoms with van der Waals surface area (Å²) in [4.78, 5) is 2.21. The zero-order valence-electron chi connectivity index (χ0n) is 8.62. The summed E-state index contributed by atoms with van der Waals surface area (Å²) in [6.45, 7) is 1.64. The molecule has 2 unspecified atom stereocenters. The van der Waals surface area contributed by atoms with Gasteiger partial charge in [-0.2, -0.15) is 0 Å². The van der Waals surface area contributed by atoms with Gasteiger partial charge in [0.15, 0.2) is 0 Å². The van der Waals surface area contributed by atoms with Gasteiger partial charge < -0.3 is 0 Å². The van der Waals surface area contributed by atoms with Crippen molar-refractivity contribution in [2.24, 2.45) is 0 Å². The molecule has 2 fully saturated rings. The van der Waals surface area contributed by atoms with Gasteiger partial charge in [-0.15, -0.1) is 0 Å². The van der Waals surface area contributed by atoms with E-state index in [1.54, 1.807) is 0 Å². The topological polar surface area (TPSA) is 23.1 Å². The Hall–Kier alpha value is -0.150. The van der Waals surface area contributed by atoms with Gasteiger partial charge in [-0.05, 0) is 25.7 Å². The Balaban J connectivity index is 1.87. The minimum Gasteiger partial charge on any atom is -0.297 e. The predicted octanol–water partition coefficient (Wildman–Crippen LogP) is 2.16. The highest BCUT2D eigenvalue weighted by Crippen LogP contribution is 2.27. The molecule has 0 aromatic carbocycles. The molecule has 0 amide bonds. The zero-order valence-corrected chi connectivity index (χ0v) is 8.62. The van der Waals surface area contributed by atoms with Crippen LogP contribution < -0.4 is 0 Å². The minimum atomic E-state index is -0.646. The van der Waals surface area contributed by atoms with Gasteiger partial charge in [0.2, 0.25) is 0 Å². The Labute approximate surface area is 85.1 Å². The third-order valence-electron chi connectivity index (χ3n) is 3.59. The van der Waals surface area contributed by atoms with Crippen LogP contribution in [0.2, 0.25) is 0 Å². The number of likely N-dealkylation sites (tertiary alicyclic amines) is 1.